The fraction of sp³-hybridized carbons (Fsp3) is 0.214. The molecule has 1 atom stereocenters. The van der Waals surface area contributed by atoms with Gasteiger partial charge in [0.15, 0.2) is 0 Å². The molecule has 1 aromatic carbocycles. The van der Waals surface area contributed by atoms with Gasteiger partial charge >= 0.3 is 0 Å². The van der Waals surface area contributed by atoms with Crippen LogP contribution in [-0.4, -0.2) is 0 Å². The predicted molar refractivity (Wildman–Crippen MR) is 78.4 cm³/mol. The lowest BCUT2D eigenvalue weighted by Gasteiger charge is -2.13. The van der Waals surface area contributed by atoms with Crippen molar-refractivity contribution < 1.29 is 0 Å². The number of hydrogen-bond acceptors (Lipinski definition) is 3. The zero-order valence-electron chi connectivity index (χ0n) is 9.98. The molecule has 1 N–H and O–H groups in total. The van der Waals surface area contributed by atoms with Crippen LogP contribution in [0.25, 0.3) is 0 Å². The maximum Gasteiger partial charge on any atom is 0.0991 e. The Morgan fingerprint density at radius 1 is 1.39 bits per heavy atom. The summed E-state index contributed by atoms with van der Waals surface area (Å²) in [5.41, 5.74) is 3.18. The summed E-state index contributed by atoms with van der Waals surface area (Å²) in [5, 5.41) is 14.4. The van der Waals surface area contributed by atoms with Gasteiger partial charge in [0.2, 0.25) is 0 Å². The molecule has 2 aromatic rings. The van der Waals surface area contributed by atoms with E-state index in [1.165, 1.54) is 11.1 Å². The fourth-order valence-corrected chi connectivity index (χ4v) is 2.88. The number of nitrogens with one attached hydrogen (secondary N) is 1. The first kappa shape index (κ1) is 13.3. The van der Waals surface area contributed by atoms with Crippen LogP contribution in [0.1, 0.15) is 29.7 Å². The molecule has 0 saturated heterocycles. The van der Waals surface area contributed by atoms with Crippen LogP contribution in [0.2, 0.25) is 0 Å². The normalized spacial score (nSPS) is 12.1. The third-order valence-corrected chi connectivity index (χ3v) is 4.33. The quantitative estimate of drug-likeness (QED) is 0.914. The van der Waals surface area contributed by atoms with Gasteiger partial charge in [-0.15, -0.1) is 11.3 Å². The first-order valence-electron chi connectivity index (χ1n) is 5.65. The molecule has 0 saturated carbocycles. The summed E-state index contributed by atoms with van der Waals surface area (Å²) in [6.07, 6.45) is 0. The molecule has 1 heterocycles. The van der Waals surface area contributed by atoms with Gasteiger partial charge in [-0.2, -0.15) is 5.26 Å². The van der Waals surface area contributed by atoms with E-state index in [9.17, 15) is 0 Å². The molecule has 2 rings (SSSR count). The van der Waals surface area contributed by atoms with E-state index in [0.717, 1.165) is 10.3 Å². The second-order valence-corrected chi connectivity index (χ2v) is 6.39. The summed E-state index contributed by atoms with van der Waals surface area (Å²) < 4.78 is 1.16. The highest BCUT2D eigenvalue weighted by molar-refractivity contribution is 9.11. The van der Waals surface area contributed by atoms with Crippen molar-refractivity contribution in [2.45, 2.75) is 19.5 Å². The molecule has 18 heavy (non-hydrogen) atoms. The summed E-state index contributed by atoms with van der Waals surface area (Å²) in [6, 6.07) is 12.2. The Bertz CT molecular complexity index is 554. The molecule has 0 aliphatic heterocycles. The van der Waals surface area contributed by atoms with Crippen LogP contribution in [0.15, 0.2) is 39.5 Å². The van der Waals surface area contributed by atoms with Crippen molar-refractivity contribution in [2.24, 2.45) is 0 Å². The van der Waals surface area contributed by atoms with Gasteiger partial charge in [0.05, 0.1) is 15.4 Å². The van der Waals surface area contributed by atoms with Gasteiger partial charge in [-0.05, 0) is 57.6 Å². The minimum Gasteiger partial charge on any atom is -0.306 e. The molecule has 0 aliphatic rings. The number of benzene rings is 1. The average molecular weight is 321 g/mol. The van der Waals surface area contributed by atoms with Crippen molar-refractivity contribution in [1.82, 2.24) is 5.32 Å². The van der Waals surface area contributed by atoms with Gasteiger partial charge < -0.3 is 5.32 Å². The maximum absolute atomic E-state index is 8.75. The highest BCUT2D eigenvalue weighted by atomic mass is 79.9. The molecule has 0 spiro atoms. The predicted octanol–water partition coefficient (Wildman–Crippen LogP) is 4.23. The number of nitriles is 1. The number of hydrogen-bond donors (Lipinski definition) is 1. The lowest BCUT2D eigenvalue weighted by atomic mass is 10.1. The average Bonchev–Trinajstić information content (AvgIpc) is 2.82. The smallest absolute Gasteiger partial charge is 0.0991 e. The Balaban J connectivity index is 1.95. The molecular formula is C14H13BrN2S. The Labute approximate surface area is 119 Å². The number of thiophene rings is 1. The molecular weight excluding hydrogens is 308 g/mol. The Kier molecular flexibility index (Phi) is 4.54. The Hall–Kier alpha value is -1.15. The monoisotopic (exact) mass is 320 g/mol. The van der Waals surface area contributed by atoms with Crippen molar-refractivity contribution in [3.05, 3.63) is 56.2 Å². The largest absolute Gasteiger partial charge is 0.306 e. The minimum absolute atomic E-state index is 0.274. The molecule has 92 valence electrons. The second kappa shape index (κ2) is 6.14. The van der Waals surface area contributed by atoms with Gasteiger partial charge in [0.1, 0.15) is 0 Å². The molecule has 1 unspecified atom stereocenters. The van der Waals surface area contributed by atoms with Crippen LogP contribution in [0.3, 0.4) is 0 Å². The van der Waals surface area contributed by atoms with Gasteiger partial charge in [-0.25, -0.2) is 0 Å². The van der Waals surface area contributed by atoms with E-state index in [0.29, 0.717) is 5.56 Å². The van der Waals surface area contributed by atoms with Crippen LogP contribution >= 0.6 is 27.3 Å². The van der Waals surface area contributed by atoms with Gasteiger partial charge in [-0.1, -0.05) is 12.1 Å². The molecule has 0 amide bonds. The molecule has 4 heteroatoms. The summed E-state index contributed by atoms with van der Waals surface area (Å²) in [7, 11) is 0. The Morgan fingerprint density at radius 3 is 2.67 bits per heavy atom. The van der Waals surface area contributed by atoms with E-state index in [4.69, 9.17) is 5.26 Å². The van der Waals surface area contributed by atoms with Gasteiger partial charge in [0, 0.05) is 12.6 Å². The zero-order valence-corrected chi connectivity index (χ0v) is 12.4. The highest BCUT2D eigenvalue weighted by Crippen LogP contribution is 2.21. The van der Waals surface area contributed by atoms with E-state index < -0.39 is 0 Å². The van der Waals surface area contributed by atoms with E-state index in [1.54, 1.807) is 11.3 Å². The standard InChI is InChI=1S/C14H13BrN2S/c1-10(13-4-2-11(7-16)3-5-13)17-8-12-6-14(15)18-9-12/h2-6,9-10,17H,8H2,1H3. The van der Waals surface area contributed by atoms with Crippen molar-refractivity contribution in [3.8, 4) is 6.07 Å². The summed E-state index contributed by atoms with van der Waals surface area (Å²) >= 11 is 5.16. The lowest BCUT2D eigenvalue weighted by molar-refractivity contribution is 0.575. The third kappa shape index (κ3) is 3.42. The first-order chi connectivity index (χ1) is 8.69. The maximum atomic E-state index is 8.75. The van der Waals surface area contributed by atoms with E-state index in [-0.39, 0.29) is 6.04 Å². The van der Waals surface area contributed by atoms with Gasteiger partial charge in [-0.3, -0.25) is 0 Å². The van der Waals surface area contributed by atoms with E-state index in [1.807, 2.05) is 24.3 Å². The first-order valence-corrected chi connectivity index (χ1v) is 7.32. The molecule has 2 nitrogen and oxygen atoms in total. The number of halogens is 1. The third-order valence-electron chi connectivity index (χ3n) is 2.77. The lowest BCUT2D eigenvalue weighted by Crippen LogP contribution is -2.17. The van der Waals surface area contributed by atoms with Crippen LogP contribution in [0, 0.1) is 11.3 Å². The van der Waals surface area contributed by atoms with Gasteiger partial charge in [0.25, 0.3) is 0 Å². The Morgan fingerprint density at radius 2 is 2.11 bits per heavy atom. The number of nitrogens with zero attached hydrogens (tertiary/aromatic N) is 1. The molecule has 0 radical (unpaired) electrons. The summed E-state index contributed by atoms with van der Waals surface area (Å²) in [5.74, 6) is 0. The topological polar surface area (TPSA) is 35.8 Å². The SMILES string of the molecule is CC(NCc1csc(Br)c1)c1ccc(C#N)cc1. The van der Waals surface area contributed by atoms with E-state index >= 15 is 0 Å². The summed E-state index contributed by atoms with van der Waals surface area (Å²) in [6.45, 7) is 2.98. The molecule has 1 aromatic heterocycles. The molecule has 0 fully saturated rings. The van der Waals surface area contributed by atoms with Crippen molar-refractivity contribution in [2.75, 3.05) is 0 Å². The van der Waals surface area contributed by atoms with Crippen LogP contribution in [0.4, 0.5) is 0 Å². The zero-order chi connectivity index (χ0) is 13.0. The van der Waals surface area contributed by atoms with Crippen LogP contribution in [-0.2, 0) is 6.54 Å². The van der Waals surface area contributed by atoms with Crippen LogP contribution < -0.4 is 5.32 Å². The molecule has 0 bridgehead atoms. The minimum atomic E-state index is 0.274. The van der Waals surface area contributed by atoms with Crippen molar-refractivity contribution in [3.63, 3.8) is 0 Å². The molecule has 0 aliphatic carbocycles. The highest BCUT2D eigenvalue weighted by Gasteiger charge is 2.05. The van der Waals surface area contributed by atoms with E-state index in [2.05, 4.69) is 45.7 Å². The van der Waals surface area contributed by atoms with Crippen molar-refractivity contribution in [1.29, 1.82) is 5.26 Å². The van der Waals surface area contributed by atoms with Crippen LogP contribution in [0.5, 0.6) is 0 Å². The number of rotatable bonds is 4. The van der Waals surface area contributed by atoms with Crippen molar-refractivity contribution >= 4 is 27.3 Å². The summed E-state index contributed by atoms with van der Waals surface area (Å²) in [4.78, 5) is 0. The second-order valence-electron chi connectivity index (χ2n) is 4.10. The fourth-order valence-electron chi connectivity index (χ4n) is 1.67.